The molecule has 9 heteroatoms. The van der Waals surface area contributed by atoms with Crippen LogP contribution < -0.4 is 15.4 Å². The van der Waals surface area contributed by atoms with Crippen molar-refractivity contribution in [3.05, 3.63) is 54.4 Å². The minimum Gasteiger partial charge on any atom is -0.496 e. The summed E-state index contributed by atoms with van der Waals surface area (Å²) in [5, 5.41) is 16.1. The van der Waals surface area contributed by atoms with Crippen LogP contribution in [0, 0.1) is 5.92 Å². The molecular formula is C23H27N5O4. The van der Waals surface area contributed by atoms with Gasteiger partial charge in [0.05, 0.1) is 32.6 Å². The summed E-state index contributed by atoms with van der Waals surface area (Å²) in [6, 6.07) is 10.4. The molecule has 9 nitrogen and oxygen atoms in total. The lowest BCUT2D eigenvalue weighted by atomic mass is 10.1. The van der Waals surface area contributed by atoms with E-state index < -0.39 is 5.97 Å². The van der Waals surface area contributed by atoms with Crippen molar-refractivity contribution in [1.29, 1.82) is 0 Å². The monoisotopic (exact) mass is 437 g/mol. The third-order valence-corrected chi connectivity index (χ3v) is 4.90. The average Bonchev–Trinajstić information content (AvgIpc) is 2.82. The Morgan fingerprint density at radius 2 is 1.84 bits per heavy atom. The van der Waals surface area contributed by atoms with Gasteiger partial charge >= 0.3 is 5.97 Å². The Morgan fingerprint density at radius 3 is 2.47 bits per heavy atom. The van der Waals surface area contributed by atoms with E-state index in [0.717, 1.165) is 5.56 Å². The summed E-state index contributed by atoms with van der Waals surface area (Å²) < 4.78 is 10.1. The van der Waals surface area contributed by atoms with E-state index >= 15 is 0 Å². The normalized spacial score (nSPS) is 11.7. The third-order valence-electron chi connectivity index (χ3n) is 4.90. The first kappa shape index (κ1) is 23.0. The number of rotatable bonds is 9. The topological polar surface area (TPSA) is 118 Å². The zero-order chi connectivity index (χ0) is 23.1. The largest absolute Gasteiger partial charge is 0.496 e. The molecule has 3 rings (SSSR count). The Bertz CT molecular complexity index is 1060. The number of aliphatic hydroxyl groups excluding tert-OH is 1. The summed E-state index contributed by atoms with van der Waals surface area (Å²) in [5.74, 6) is 0.990. The summed E-state index contributed by atoms with van der Waals surface area (Å²) in [4.78, 5) is 25.1. The summed E-state index contributed by atoms with van der Waals surface area (Å²) in [6.07, 6.45) is 3.39. The minimum atomic E-state index is -0.481. The smallest absolute Gasteiger partial charge is 0.341 e. The fourth-order valence-electron chi connectivity index (χ4n) is 3.03. The molecule has 32 heavy (non-hydrogen) atoms. The molecule has 168 valence electrons. The Kier molecular flexibility index (Phi) is 7.56. The Morgan fingerprint density at radius 1 is 1.09 bits per heavy atom. The zero-order valence-corrected chi connectivity index (χ0v) is 18.5. The minimum absolute atomic E-state index is 0.0462. The molecule has 0 fully saturated rings. The first-order chi connectivity index (χ1) is 15.4. The van der Waals surface area contributed by atoms with Crippen molar-refractivity contribution in [3.63, 3.8) is 0 Å². The first-order valence-electron chi connectivity index (χ1n) is 10.2. The van der Waals surface area contributed by atoms with Crippen LogP contribution in [0.15, 0.2) is 48.8 Å². The number of carbonyl (C=O) groups is 1. The van der Waals surface area contributed by atoms with Crippen molar-refractivity contribution in [2.45, 2.75) is 19.9 Å². The number of pyridine rings is 1. The zero-order valence-electron chi connectivity index (χ0n) is 18.5. The molecule has 0 aliphatic rings. The van der Waals surface area contributed by atoms with E-state index in [9.17, 15) is 9.90 Å². The van der Waals surface area contributed by atoms with E-state index in [1.165, 1.54) is 14.2 Å². The Hall–Kier alpha value is -3.72. The van der Waals surface area contributed by atoms with Gasteiger partial charge in [-0.3, -0.25) is 4.98 Å². The molecule has 0 radical (unpaired) electrons. The fourth-order valence-corrected chi connectivity index (χ4v) is 3.03. The number of hydrogen-bond donors (Lipinski definition) is 3. The van der Waals surface area contributed by atoms with Crippen molar-refractivity contribution in [3.8, 4) is 17.0 Å². The number of nitrogens with one attached hydrogen (secondary N) is 2. The molecule has 1 aromatic carbocycles. The predicted octanol–water partition coefficient (Wildman–Crippen LogP) is 3.51. The Labute approximate surface area is 186 Å². The highest BCUT2D eigenvalue weighted by atomic mass is 16.5. The quantitative estimate of drug-likeness (QED) is 0.432. The average molecular weight is 438 g/mol. The molecular weight excluding hydrogens is 410 g/mol. The maximum atomic E-state index is 11.9. The highest BCUT2D eigenvalue weighted by molar-refractivity contribution is 5.93. The van der Waals surface area contributed by atoms with Gasteiger partial charge in [0.25, 0.3) is 0 Å². The molecule has 0 aliphatic heterocycles. The van der Waals surface area contributed by atoms with Crippen LogP contribution in [0.4, 0.5) is 17.5 Å². The van der Waals surface area contributed by atoms with Crippen LogP contribution in [-0.2, 0) is 4.74 Å². The molecule has 3 N–H and O–H groups in total. The van der Waals surface area contributed by atoms with Crippen molar-refractivity contribution < 1.29 is 19.4 Å². The van der Waals surface area contributed by atoms with Crippen molar-refractivity contribution in [1.82, 2.24) is 15.0 Å². The van der Waals surface area contributed by atoms with Crippen LogP contribution in [0.5, 0.6) is 5.75 Å². The second-order valence-electron chi connectivity index (χ2n) is 7.41. The number of aliphatic hydroxyl groups is 1. The lowest BCUT2D eigenvalue weighted by molar-refractivity contribution is 0.0597. The van der Waals surface area contributed by atoms with Gasteiger partial charge in [-0.25, -0.2) is 9.78 Å². The van der Waals surface area contributed by atoms with Crippen LogP contribution in [0.25, 0.3) is 11.3 Å². The number of anilines is 3. The third kappa shape index (κ3) is 5.50. The molecule has 2 heterocycles. The van der Waals surface area contributed by atoms with Crippen LogP contribution in [-0.4, -0.2) is 52.9 Å². The number of methoxy groups -OCH3 is 2. The maximum absolute atomic E-state index is 11.9. The van der Waals surface area contributed by atoms with Gasteiger partial charge in [0.2, 0.25) is 5.95 Å². The first-order valence-corrected chi connectivity index (χ1v) is 10.2. The summed E-state index contributed by atoms with van der Waals surface area (Å²) in [5.41, 5.74) is 2.55. The molecule has 0 unspecified atom stereocenters. The molecule has 2 aromatic heterocycles. The van der Waals surface area contributed by atoms with Gasteiger partial charge in [-0.2, -0.15) is 4.98 Å². The van der Waals surface area contributed by atoms with Crippen LogP contribution in [0.3, 0.4) is 0 Å². The van der Waals surface area contributed by atoms with Gasteiger partial charge in [-0.15, -0.1) is 0 Å². The standard InChI is InChI=1S/C23H27N5O4/c1-14(2)19(13-29)27-23-26-18(15-7-9-24-10-8-15)12-21(28-23)25-16-5-6-17(22(30)32-4)20(11-16)31-3/h5-12,14,19,29H,13H2,1-4H3,(H2,25,26,27,28)/t19-/m0/s1. The number of nitrogens with zero attached hydrogens (tertiary/aromatic N) is 3. The van der Waals surface area contributed by atoms with Crippen LogP contribution >= 0.6 is 0 Å². The van der Waals surface area contributed by atoms with Crippen LogP contribution in [0.1, 0.15) is 24.2 Å². The molecule has 1 atom stereocenters. The van der Waals surface area contributed by atoms with Gasteiger partial charge in [0, 0.05) is 35.8 Å². The number of aromatic nitrogens is 3. The number of benzene rings is 1. The highest BCUT2D eigenvalue weighted by Crippen LogP contribution is 2.28. The van der Waals surface area contributed by atoms with Crippen molar-refractivity contribution >= 4 is 23.4 Å². The number of hydrogen-bond acceptors (Lipinski definition) is 9. The van der Waals surface area contributed by atoms with E-state index in [0.29, 0.717) is 34.5 Å². The number of ether oxygens (including phenoxy) is 2. The van der Waals surface area contributed by atoms with Gasteiger partial charge < -0.3 is 25.2 Å². The van der Waals surface area contributed by atoms with E-state index in [1.54, 1.807) is 30.6 Å². The second kappa shape index (κ2) is 10.5. The van der Waals surface area contributed by atoms with Gasteiger partial charge in [0.1, 0.15) is 17.1 Å². The molecule has 0 aliphatic carbocycles. The van der Waals surface area contributed by atoms with Crippen LogP contribution in [0.2, 0.25) is 0 Å². The van der Waals surface area contributed by atoms with Crippen molar-refractivity contribution in [2.75, 3.05) is 31.5 Å². The molecule has 0 amide bonds. The summed E-state index contributed by atoms with van der Waals surface area (Å²) in [7, 11) is 2.81. The number of carbonyl (C=O) groups excluding carboxylic acids is 1. The second-order valence-corrected chi connectivity index (χ2v) is 7.41. The predicted molar refractivity (Wildman–Crippen MR) is 122 cm³/mol. The van der Waals surface area contributed by atoms with Gasteiger partial charge in [-0.1, -0.05) is 13.8 Å². The molecule has 0 saturated heterocycles. The maximum Gasteiger partial charge on any atom is 0.341 e. The summed E-state index contributed by atoms with van der Waals surface area (Å²) in [6.45, 7) is 3.97. The van der Waals surface area contributed by atoms with E-state index in [-0.39, 0.29) is 18.6 Å². The fraction of sp³-hybridized carbons (Fsp3) is 0.304. The lowest BCUT2D eigenvalue weighted by Crippen LogP contribution is -2.30. The Balaban J connectivity index is 1.98. The highest BCUT2D eigenvalue weighted by Gasteiger charge is 2.16. The molecule has 0 spiro atoms. The molecule has 0 bridgehead atoms. The van der Waals surface area contributed by atoms with E-state index in [4.69, 9.17) is 9.47 Å². The lowest BCUT2D eigenvalue weighted by Gasteiger charge is -2.21. The molecule has 3 aromatic rings. The summed E-state index contributed by atoms with van der Waals surface area (Å²) >= 11 is 0. The number of esters is 1. The van der Waals surface area contributed by atoms with Crippen molar-refractivity contribution in [2.24, 2.45) is 5.92 Å². The molecule has 0 saturated carbocycles. The van der Waals surface area contributed by atoms with E-state index in [2.05, 4.69) is 25.6 Å². The van der Waals surface area contributed by atoms with E-state index in [1.807, 2.05) is 32.0 Å². The van der Waals surface area contributed by atoms with Gasteiger partial charge in [0.15, 0.2) is 0 Å². The SMILES string of the molecule is COC(=O)c1ccc(Nc2cc(-c3ccncc3)nc(N[C@@H](CO)C(C)C)n2)cc1OC. The van der Waals surface area contributed by atoms with Gasteiger partial charge in [-0.05, 0) is 30.2 Å².